The number of nitrogens with two attached hydrogens (primary N) is 1. The SMILES string of the molecule is CCc1ccc(CNc2ccc(OCC(N)=O)cc2)cc1. The van der Waals surface area contributed by atoms with Crippen LogP contribution in [0.1, 0.15) is 18.1 Å². The van der Waals surface area contributed by atoms with Gasteiger partial charge in [-0.1, -0.05) is 31.2 Å². The van der Waals surface area contributed by atoms with E-state index in [0.717, 1.165) is 18.7 Å². The van der Waals surface area contributed by atoms with Gasteiger partial charge in [0.05, 0.1) is 0 Å². The molecule has 0 unspecified atom stereocenters. The number of hydrogen-bond acceptors (Lipinski definition) is 3. The number of hydrogen-bond donors (Lipinski definition) is 2. The number of aryl methyl sites for hydroxylation is 1. The Morgan fingerprint density at radius 3 is 2.24 bits per heavy atom. The van der Waals surface area contributed by atoms with Gasteiger partial charge in [0.2, 0.25) is 0 Å². The largest absolute Gasteiger partial charge is 0.484 e. The molecule has 0 bridgehead atoms. The third kappa shape index (κ3) is 4.84. The van der Waals surface area contributed by atoms with E-state index in [4.69, 9.17) is 10.5 Å². The first-order valence-electron chi connectivity index (χ1n) is 7.00. The lowest BCUT2D eigenvalue weighted by atomic mass is 10.1. The minimum atomic E-state index is -0.479. The second-order valence-electron chi connectivity index (χ2n) is 4.80. The fourth-order valence-corrected chi connectivity index (χ4v) is 1.92. The molecule has 2 aromatic rings. The van der Waals surface area contributed by atoms with Crippen LogP contribution in [0.25, 0.3) is 0 Å². The van der Waals surface area contributed by atoms with Crippen molar-refractivity contribution >= 4 is 11.6 Å². The summed E-state index contributed by atoms with van der Waals surface area (Å²) in [5, 5.41) is 3.34. The number of anilines is 1. The Morgan fingerprint density at radius 2 is 1.67 bits per heavy atom. The van der Waals surface area contributed by atoms with Gasteiger partial charge >= 0.3 is 0 Å². The molecule has 3 N–H and O–H groups in total. The van der Waals surface area contributed by atoms with Gasteiger partial charge in [0.15, 0.2) is 6.61 Å². The van der Waals surface area contributed by atoms with E-state index in [1.165, 1.54) is 11.1 Å². The van der Waals surface area contributed by atoms with Crippen molar-refractivity contribution in [2.75, 3.05) is 11.9 Å². The van der Waals surface area contributed by atoms with Crippen molar-refractivity contribution in [3.05, 3.63) is 59.7 Å². The van der Waals surface area contributed by atoms with Crippen LogP contribution in [-0.4, -0.2) is 12.5 Å². The molecule has 0 saturated carbocycles. The van der Waals surface area contributed by atoms with Gasteiger partial charge < -0.3 is 15.8 Å². The molecule has 0 spiro atoms. The van der Waals surface area contributed by atoms with Gasteiger partial charge in [-0.25, -0.2) is 0 Å². The lowest BCUT2D eigenvalue weighted by Gasteiger charge is -2.09. The van der Waals surface area contributed by atoms with E-state index in [9.17, 15) is 4.79 Å². The van der Waals surface area contributed by atoms with Crippen molar-refractivity contribution in [2.24, 2.45) is 5.73 Å². The second-order valence-corrected chi connectivity index (χ2v) is 4.80. The van der Waals surface area contributed by atoms with Crippen LogP contribution < -0.4 is 15.8 Å². The number of benzene rings is 2. The highest BCUT2D eigenvalue weighted by Crippen LogP contribution is 2.16. The first-order chi connectivity index (χ1) is 10.2. The van der Waals surface area contributed by atoms with Crippen LogP contribution in [0, 0.1) is 0 Å². The summed E-state index contributed by atoms with van der Waals surface area (Å²) < 4.78 is 5.21. The minimum Gasteiger partial charge on any atom is -0.484 e. The zero-order chi connectivity index (χ0) is 15.1. The summed E-state index contributed by atoms with van der Waals surface area (Å²) in [7, 11) is 0. The monoisotopic (exact) mass is 284 g/mol. The maximum Gasteiger partial charge on any atom is 0.255 e. The smallest absolute Gasteiger partial charge is 0.255 e. The molecule has 4 heteroatoms. The van der Waals surface area contributed by atoms with Gasteiger partial charge in [0, 0.05) is 12.2 Å². The van der Waals surface area contributed by atoms with Crippen molar-refractivity contribution in [1.29, 1.82) is 0 Å². The molecule has 0 heterocycles. The molecular weight excluding hydrogens is 264 g/mol. The molecular formula is C17H20N2O2. The summed E-state index contributed by atoms with van der Waals surface area (Å²) in [6.07, 6.45) is 1.06. The van der Waals surface area contributed by atoms with Gasteiger partial charge in [0.25, 0.3) is 5.91 Å². The third-order valence-corrected chi connectivity index (χ3v) is 3.16. The Bertz CT molecular complexity index is 577. The van der Waals surface area contributed by atoms with Gasteiger partial charge in [-0.2, -0.15) is 0 Å². The summed E-state index contributed by atoms with van der Waals surface area (Å²) in [6.45, 7) is 2.82. The summed E-state index contributed by atoms with van der Waals surface area (Å²) >= 11 is 0. The van der Waals surface area contributed by atoms with E-state index in [0.29, 0.717) is 5.75 Å². The third-order valence-electron chi connectivity index (χ3n) is 3.16. The normalized spacial score (nSPS) is 10.1. The number of carbonyl (C=O) groups is 1. The highest BCUT2D eigenvalue weighted by molar-refractivity contribution is 5.75. The lowest BCUT2D eigenvalue weighted by molar-refractivity contribution is -0.119. The molecule has 0 saturated heterocycles. The lowest BCUT2D eigenvalue weighted by Crippen LogP contribution is -2.19. The Kier molecular flexibility index (Phi) is 5.21. The zero-order valence-corrected chi connectivity index (χ0v) is 12.1. The number of nitrogens with one attached hydrogen (secondary N) is 1. The van der Waals surface area contributed by atoms with Gasteiger partial charge in [-0.05, 0) is 41.8 Å². The van der Waals surface area contributed by atoms with Crippen molar-refractivity contribution < 1.29 is 9.53 Å². The Labute approximate surface area is 124 Å². The van der Waals surface area contributed by atoms with Crippen LogP contribution in [0.4, 0.5) is 5.69 Å². The summed E-state index contributed by atoms with van der Waals surface area (Å²) in [4.78, 5) is 10.6. The van der Waals surface area contributed by atoms with Crippen molar-refractivity contribution in [1.82, 2.24) is 0 Å². The average Bonchev–Trinajstić information content (AvgIpc) is 2.52. The van der Waals surface area contributed by atoms with Gasteiger partial charge in [-0.3, -0.25) is 4.79 Å². The predicted octanol–water partition coefficient (Wildman–Crippen LogP) is 2.73. The molecule has 2 aromatic carbocycles. The Hall–Kier alpha value is -2.49. The Balaban J connectivity index is 1.86. The van der Waals surface area contributed by atoms with E-state index >= 15 is 0 Å². The fourth-order valence-electron chi connectivity index (χ4n) is 1.92. The molecule has 0 atom stereocenters. The van der Waals surface area contributed by atoms with E-state index < -0.39 is 5.91 Å². The molecule has 0 radical (unpaired) electrons. The average molecular weight is 284 g/mol. The molecule has 4 nitrogen and oxygen atoms in total. The van der Waals surface area contributed by atoms with Gasteiger partial charge in [0.1, 0.15) is 5.75 Å². The van der Waals surface area contributed by atoms with Crippen molar-refractivity contribution in [3.8, 4) is 5.75 Å². The highest BCUT2D eigenvalue weighted by Gasteiger charge is 1.99. The number of carbonyl (C=O) groups excluding carboxylic acids is 1. The molecule has 110 valence electrons. The van der Waals surface area contributed by atoms with Gasteiger partial charge in [-0.15, -0.1) is 0 Å². The molecule has 1 amide bonds. The van der Waals surface area contributed by atoms with Crippen LogP contribution in [0.2, 0.25) is 0 Å². The number of ether oxygens (including phenoxy) is 1. The summed E-state index contributed by atoms with van der Waals surface area (Å²) in [5.74, 6) is 0.152. The van der Waals surface area contributed by atoms with Crippen molar-refractivity contribution in [3.63, 3.8) is 0 Å². The van der Waals surface area contributed by atoms with E-state index in [2.05, 4.69) is 36.5 Å². The number of primary amides is 1. The number of amides is 1. The maximum absolute atomic E-state index is 10.6. The quantitative estimate of drug-likeness (QED) is 0.821. The van der Waals surface area contributed by atoms with Crippen LogP contribution in [0.5, 0.6) is 5.75 Å². The summed E-state index contributed by atoms with van der Waals surface area (Å²) in [5.41, 5.74) is 8.61. The van der Waals surface area contributed by atoms with Crippen LogP contribution in [-0.2, 0) is 17.8 Å². The first-order valence-corrected chi connectivity index (χ1v) is 7.00. The first kappa shape index (κ1) is 14.9. The van der Waals surface area contributed by atoms with E-state index in [1.54, 1.807) is 0 Å². The minimum absolute atomic E-state index is 0.101. The standard InChI is InChI=1S/C17H20N2O2/c1-2-13-3-5-14(6-4-13)11-19-15-7-9-16(10-8-15)21-12-17(18)20/h3-10,19H,2,11-12H2,1H3,(H2,18,20). The highest BCUT2D eigenvalue weighted by atomic mass is 16.5. The molecule has 21 heavy (non-hydrogen) atoms. The predicted molar refractivity (Wildman–Crippen MR) is 84.3 cm³/mol. The van der Waals surface area contributed by atoms with Crippen LogP contribution >= 0.6 is 0 Å². The second kappa shape index (κ2) is 7.33. The molecule has 0 aromatic heterocycles. The van der Waals surface area contributed by atoms with Crippen molar-refractivity contribution in [2.45, 2.75) is 19.9 Å². The zero-order valence-electron chi connectivity index (χ0n) is 12.1. The molecule has 0 fully saturated rings. The van der Waals surface area contributed by atoms with E-state index in [1.807, 2.05) is 24.3 Å². The van der Waals surface area contributed by atoms with Crippen LogP contribution in [0.15, 0.2) is 48.5 Å². The maximum atomic E-state index is 10.6. The Morgan fingerprint density at radius 1 is 1.05 bits per heavy atom. The molecule has 2 rings (SSSR count). The van der Waals surface area contributed by atoms with E-state index in [-0.39, 0.29) is 6.61 Å². The molecule has 0 aliphatic heterocycles. The van der Waals surface area contributed by atoms with Crippen LogP contribution in [0.3, 0.4) is 0 Å². The molecule has 0 aliphatic carbocycles. The number of rotatable bonds is 7. The fraction of sp³-hybridized carbons (Fsp3) is 0.235. The molecule has 0 aliphatic rings. The summed E-state index contributed by atoms with van der Waals surface area (Å²) in [6, 6.07) is 16.0. The topological polar surface area (TPSA) is 64.3 Å².